The third-order valence-corrected chi connectivity index (χ3v) is 1.65. The number of rotatable bonds is 4. The number of imide groups is 1. The van der Waals surface area contributed by atoms with Gasteiger partial charge in [0.05, 0.1) is 6.61 Å². The third kappa shape index (κ3) is 3.08. The molecule has 0 aromatic heterocycles. The van der Waals surface area contributed by atoms with E-state index < -0.39 is 18.0 Å². The lowest BCUT2D eigenvalue weighted by molar-refractivity contribution is -0.175. The molecule has 0 atom stereocenters. The predicted molar refractivity (Wildman–Crippen MR) is 48.3 cm³/mol. The van der Waals surface area contributed by atoms with Gasteiger partial charge >= 0.3 is 6.16 Å². The summed E-state index contributed by atoms with van der Waals surface area (Å²) in [6, 6.07) is 0. The summed E-state index contributed by atoms with van der Waals surface area (Å²) in [6.07, 6.45) is 2.56. The molecular weight excluding hydrogens is 202 g/mol. The van der Waals surface area contributed by atoms with E-state index in [2.05, 4.69) is 9.57 Å². The van der Waals surface area contributed by atoms with E-state index in [1.54, 1.807) is 0 Å². The summed E-state index contributed by atoms with van der Waals surface area (Å²) in [5.74, 6) is -1.38. The molecule has 6 heteroatoms. The fourth-order valence-corrected chi connectivity index (χ4v) is 0.877. The number of nitrogens with zero attached hydrogens (tertiary/aromatic N) is 1. The molecule has 82 valence electrons. The van der Waals surface area contributed by atoms with Crippen molar-refractivity contribution in [3.05, 3.63) is 12.2 Å². The predicted octanol–water partition coefficient (Wildman–Crippen LogP) is 0.780. The van der Waals surface area contributed by atoms with Crippen LogP contribution in [0.25, 0.3) is 0 Å². The van der Waals surface area contributed by atoms with Gasteiger partial charge in [-0.05, 0) is 6.42 Å². The number of ether oxygens (including phenoxy) is 1. The van der Waals surface area contributed by atoms with Gasteiger partial charge in [0.2, 0.25) is 0 Å². The van der Waals surface area contributed by atoms with Crippen LogP contribution in [-0.4, -0.2) is 29.6 Å². The lowest BCUT2D eigenvalue weighted by Crippen LogP contribution is -2.33. The SMILES string of the molecule is CCCCOC(=O)ON1C(=O)C=CC1=O. The number of hydrogen-bond acceptors (Lipinski definition) is 5. The first kappa shape index (κ1) is 11.2. The third-order valence-electron chi connectivity index (χ3n) is 1.65. The van der Waals surface area contributed by atoms with Crippen LogP contribution in [0.3, 0.4) is 0 Å². The van der Waals surface area contributed by atoms with Gasteiger partial charge in [0.25, 0.3) is 11.8 Å². The number of hydrogen-bond donors (Lipinski definition) is 0. The van der Waals surface area contributed by atoms with Crippen LogP contribution in [0.2, 0.25) is 0 Å². The monoisotopic (exact) mass is 213 g/mol. The van der Waals surface area contributed by atoms with Crippen LogP contribution >= 0.6 is 0 Å². The highest BCUT2D eigenvalue weighted by molar-refractivity contribution is 6.12. The van der Waals surface area contributed by atoms with Crippen molar-refractivity contribution in [3.8, 4) is 0 Å². The molecule has 0 bridgehead atoms. The Morgan fingerprint density at radius 2 is 1.93 bits per heavy atom. The Morgan fingerprint density at radius 1 is 1.33 bits per heavy atom. The van der Waals surface area contributed by atoms with Crippen molar-refractivity contribution < 1.29 is 24.0 Å². The van der Waals surface area contributed by atoms with Gasteiger partial charge < -0.3 is 4.74 Å². The van der Waals surface area contributed by atoms with Crippen LogP contribution in [0.5, 0.6) is 0 Å². The van der Waals surface area contributed by atoms with Crippen molar-refractivity contribution in [2.24, 2.45) is 0 Å². The Kier molecular flexibility index (Phi) is 3.84. The second-order valence-corrected chi connectivity index (χ2v) is 2.85. The van der Waals surface area contributed by atoms with Gasteiger partial charge in [-0.2, -0.15) is 0 Å². The maximum atomic E-state index is 10.9. The quantitative estimate of drug-likeness (QED) is 0.392. The molecule has 6 nitrogen and oxygen atoms in total. The van der Waals surface area contributed by atoms with Gasteiger partial charge in [-0.25, -0.2) is 4.79 Å². The molecule has 0 radical (unpaired) electrons. The van der Waals surface area contributed by atoms with Gasteiger partial charge in [-0.15, -0.1) is 0 Å². The summed E-state index contributed by atoms with van der Waals surface area (Å²) in [7, 11) is 0. The summed E-state index contributed by atoms with van der Waals surface area (Å²) in [4.78, 5) is 37.2. The topological polar surface area (TPSA) is 72.9 Å². The number of carbonyl (C=O) groups is 3. The van der Waals surface area contributed by atoms with Crippen molar-refractivity contribution in [1.29, 1.82) is 0 Å². The van der Waals surface area contributed by atoms with E-state index in [0.717, 1.165) is 18.6 Å². The molecule has 1 aliphatic heterocycles. The summed E-state index contributed by atoms with van der Waals surface area (Å²) in [5, 5.41) is 0.355. The molecule has 0 saturated heterocycles. The standard InChI is InChI=1S/C9H11NO5/c1-2-3-6-14-9(13)15-10-7(11)4-5-8(10)12/h4-5H,2-3,6H2,1H3. The second kappa shape index (κ2) is 5.14. The number of unbranched alkanes of at least 4 members (excludes halogenated alkanes) is 1. The smallest absolute Gasteiger partial charge is 0.433 e. The Balaban J connectivity index is 2.32. The Labute approximate surface area is 86.4 Å². The van der Waals surface area contributed by atoms with Gasteiger partial charge in [-0.1, -0.05) is 18.4 Å². The zero-order valence-electron chi connectivity index (χ0n) is 8.26. The van der Waals surface area contributed by atoms with E-state index in [1.165, 1.54) is 0 Å². The zero-order chi connectivity index (χ0) is 11.3. The number of carbonyl (C=O) groups excluding carboxylic acids is 3. The number of amides is 2. The van der Waals surface area contributed by atoms with Crippen molar-refractivity contribution in [2.75, 3.05) is 6.61 Å². The van der Waals surface area contributed by atoms with Crippen LogP contribution < -0.4 is 0 Å². The first-order valence-corrected chi connectivity index (χ1v) is 4.56. The Hall–Kier alpha value is -1.85. The van der Waals surface area contributed by atoms with E-state index in [9.17, 15) is 14.4 Å². The minimum absolute atomic E-state index is 0.207. The normalized spacial score (nSPS) is 14.6. The lowest BCUT2D eigenvalue weighted by atomic mass is 10.4. The molecule has 0 aromatic carbocycles. The largest absolute Gasteiger partial charge is 0.533 e. The summed E-state index contributed by atoms with van der Waals surface area (Å²) in [5.41, 5.74) is 0. The summed E-state index contributed by atoms with van der Waals surface area (Å²) < 4.78 is 4.61. The fraction of sp³-hybridized carbons (Fsp3) is 0.444. The van der Waals surface area contributed by atoms with Crippen LogP contribution in [0.4, 0.5) is 4.79 Å². The fourth-order valence-electron chi connectivity index (χ4n) is 0.877. The van der Waals surface area contributed by atoms with Crippen LogP contribution in [0.15, 0.2) is 12.2 Å². The highest BCUT2D eigenvalue weighted by Gasteiger charge is 2.28. The molecule has 0 saturated carbocycles. The minimum atomic E-state index is -1.05. The van der Waals surface area contributed by atoms with Crippen LogP contribution in [0.1, 0.15) is 19.8 Å². The van der Waals surface area contributed by atoms with E-state index >= 15 is 0 Å². The Bertz CT molecular complexity index is 292. The van der Waals surface area contributed by atoms with Gasteiger partial charge in [0.1, 0.15) is 0 Å². The first-order chi connectivity index (χ1) is 7.15. The van der Waals surface area contributed by atoms with Crippen molar-refractivity contribution >= 4 is 18.0 Å². The summed E-state index contributed by atoms with van der Waals surface area (Å²) in [6.45, 7) is 2.14. The van der Waals surface area contributed by atoms with Gasteiger partial charge in [-0.3, -0.25) is 14.4 Å². The molecule has 0 unspecified atom stereocenters. The van der Waals surface area contributed by atoms with Crippen molar-refractivity contribution in [3.63, 3.8) is 0 Å². The molecular formula is C9H11NO5. The van der Waals surface area contributed by atoms with Crippen molar-refractivity contribution in [1.82, 2.24) is 5.06 Å². The maximum Gasteiger partial charge on any atom is 0.533 e. The molecule has 1 aliphatic rings. The molecule has 0 spiro atoms. The molecule has 0 aromatic rings. The highest BCUT2D eigenvalue weighted by atomic mass is 16.8. The molecule has 1 rings (SSSR count). The lowest BCUT2D eigenvalue weighted by Gasteiger charge is -2.11. The van der Waals surface area contributed by atoms with Crippen molar-refractivity contribution in [2.45, 2.75) is 19.8 Å². The molecule has 15 heavy (non-hydrogen) atoms. The van der Waals surface area contributed by atoms with Gasteiger partial charge in [0, 0.05) is 12.2 Å². The molecule has 1 heterocycles. The van der Waals surface area contributed by atoms with E-state index in [1.807, 2.05) is 6.92 Å². The molecule has 2 amide bonds. The number of hydroxylamine groups is 2. The van der Waals surface area contributed by atoms with E-state index in [-0.39, 0.29) is 6.61 Å². The minimum Gasteiger partial charge on any atom is -0.433 e. The van der Waals surface area contributed by atoms with E-state index in [4.69, 9.17) is 0 Å². The van der Waals surface area contributed by atoms with Crippen LogP contribution in [0, 0.1) is 0 Å². The summed E-state index contributed by atoms with van der Waals surface area (Å²) >= 11 is 0. The highest BCUT2D eigenvalue weighted by Crippen LogP contribution is 2.05. The first-order valence-electron chi connectivity index (χ1n) is 4.56. The molecule has 0 N–H and O–H groups in total. The van der Waals surface area contributed by atoms with E-state index in [0.29, 0.717) is 11.5 Å². The van der Waals surface area contributed by atoms with Crippen LogP contribution in [-0.2, 0) is 19.2 Å². The van der Waals surface area contributed by atoms with Gasteiger partial charge in [0.15, 0.2) is 0 Å². The Morgan fingerprint density at radius 3 is 2.47 bits per heavy atom. The molecule has 0 fully saturated rings. The maximum absolute atomic E-state index is 10.9. The average molecular weight is 213 g/mol. The zero-order valence-corrected chi connectivity index (χ0v) is 8.26. The average Bonchev–Trinajstić information content (AvgIpc) is 2.50. The molecule has 0 aliphatic carbocycles. The second-order valence-electron chi connectivity index (χ2n) is 2.85.